The van der Waals surface area contributed by atoms with Gasteiger partial charge in [-0.3, -0.25) is 20.0 Å². The number of esters is 1. The first-order valence-electron chi connectivity index (χ1n) is 12.5. The van der Waals surface area contributed by atoms with Gasteiger partial charge in [0.1, 0.15) is 0 Å². The van der Waals surface area contributed by atoms with E-state index in [0.29, 0.717) is 25.1 Å². The normalized spacial score (nSPS) is 27.9. The Kier molecular flexibility index (Phi) is 9.13. The predicted molar refractivity (Wildman–Crippen MR) is 118 cm³/mol. The van der Waals surface area contributed by atoms with Crippen molar-refractivity contribution in [3.63, 3.8) is 0 Å². The maximum absolute atomic E-state index is 11.9. The number of rotatable bonds is 13. The molecule has 3 aliphatic heterocycles. The number of carbonyl (C=O) groups is 1. The smallest absolute Gasteiger partial charge is 0.346 e. The van der Waals surface area contributed by atoms with Crippen molar-refractivity contribution in [1.29, 1.82) is 0 Å². The molecule has 1 saturated heterocycles. The molecular weight excluding hydrogens is 362 g/mol. The van der Waals surface area contributed by atoms with Gasteiger partial charge in [0.05, 0.1) is 30.8 Å². The van der Waals surface area contributed by atoms with Crippen LogP contribution in [0.2, 0.25) is 0 Å². The second kappa shape index (κ2) is 11.8. The molecule has 3 rings (SSSR count). The van der Waals surface area contributed by atoms with Crippen LogP contribution in [0, 0.1) is 0 Å². The average Bonchev–Trinajstić information content (AvgIpc) is 3.10. The first-order chi connectivity index (χ1) is 14.2. The molecule has 0 amide bonds. The highest BCUT2D eigenvalue weighted by Crippen LogP contribution is 2.31. The number of guanidine groups is 1. The molecule has 3 aliphatic rings. The van der Waals surface area contributed by atoms with Crippen LogP contribution >= 0.6 is 0 Å². The third kappa shape index (κ3) is 6.89. The Morgan fingerprint density at radius 3 is 2.48 bits per heavy atom. The molecule has 0 radical (unpaired) electrons. The Balaban J connectivity index is 1.22. The minimum atomic E-state index is -0.00191. The lowest BCUT2D eigenvalue weighted by Crippen LogP contribution is -2.62. The van der Waals surface area contributed by atoms with Crippen LogP contribution in [0.1, 0.15) is 110 Å². The molecule has 4 atom stereocenters. The summed E-state index contributed by atoms with van der Waals surface area (Å²) < 4.78 is 8.07. The van der Waals surface area contributed by atoms with Gasteiger partial charge >= 0.3 is 11.9 Å². The average molecular weight is 407 g/mol. The van der Waals surface area contributed by atoms with Gasteiger partial charge in [0.15, 0.2) is 0 Å². The molecule has 0 aromatic carbocycles. The van der Waals surface area contributed by atoms with Gasteiger partial charge in [0, 0.05) is 19.3 Å². The minimum Gasteiger partial charge on any atom is -0.466 e. The third-order valence-electron chi connectivity index (χ3n) is 6.98. The topological polar surface area (TPSA) is 53.4 Å². The van der Waals surface area contributed by atoms with E-state index in [1.807, 2.05) is 0 Å². The Bertz CT molecular complexity index is 548. The van der Waals surface area contributed by atoms with Crippen LogP contribution in [0.15, 0.2) is 0 Å². The van der Waals surface area contributed by atoms with E-state index < -0.39 is 0 Å². The van der Waals surface area contributed by atoms with Crippen LogP contribution in [-0.2, 0) is 9.53 Å². The predicted octanol–water partition coefficient (Wildman–Crippen LogP) is 4.48. The molecule has 0 unspecified atom stereocenters. The van der Waals surface area contributed by atoms with Gasteiger partial charge in [-0.05, 0) is 45.4 Å². The fourth-order valence-electron chi connectivity index (χ4n) is 5.43. The molecule has 0 aromatic rings. The highest BCUT2D eigenvalue weighted by Gasteiger charge is 2.44. The molecule has 0 spiro atoms. The van der Waals surface area contributed by atoms with Gasteiger partial charge in [0.25, 0.3) is 0 Å². The maximum Gasteiger partial charge on any atom is 0.346 e. The molecular formula is C24H44N3O2+. The Hall–Kier alpha value is -1.26. The molecule has 2 N–H and O–H groups in total. The summed E-state index contributed by atoms with van der Waals surface area (Å²) in [6.07, 6.45) is 17.8. The number of unbranched alkanes of at least 4 members (excludes halogenated alkanes) is 7. The van der Waals surface area contributed by atoms with Gasteiger partial charge in [0.2, 0.25) is 0 Å². The molecule has 0 aromatic heterocycles. The number of hydrogen-bond donors (Lipinski definition) is 2. The first-order valence-corrected chi connectivity index (χ1v) is 12.5. The van der Waals surface area contributed by atoms with E-state index in [1.165, 1.54) is 70.2 Å². The molecule has 166 valence electrons. The maximum atomic E-state index is 11.9. The number of carbonyl (C=O) groups excluding carboxylic acids is 1. The van der Waals surface area contributed by atoms with Crippen molar-refractivity contribution in [3.05, 3.63) is 0 Å². The van der Waals surface area contributed by atoms with Gasteiger partial charge in [-0.25, -0.2) is 0 Å². The first kappa shape index (κ1) is 22.4. The summed E-state index contributed by atoms with van der Waals surface area (Å²) in [5.41, 5.74) is 0. The van der Waals surface area contributed by atoms with Crippen LogP contribution in [0.4, 0.5) is 0 Å². The molecule has 0 aliphatic carbocycles. The quantitative estimate of drug-likeness (QED) is 0.269. The van der Waals surface area contributed by atoms with E-state index in [1.54, 1.807) is 0 Å². The monoisotopic (exact) mass is 406 g/mol. The lowest BCUT2D eigenvalue weighted by atomic mass is 9.99. The van der Waals surface area contributed by atoms with Crippen molar-refractivity contribution in [2.24, 2.45) is 0 Å². The van der Waals surface area contributed by atoms with Gasteiger partial charge in [-0.2, -0.15) is 0 Å². The highest BCUT2D eigenvalue weighted by molar-refractivity contribution is 5.76. The van der Waals surface area contributed by atoms with E-state index >= 15 is 0 Å². The Morgan fingerprint density at radius 2 is 1.69 bits per heavy atom. The minimum absolute atomic E-state index is 0.00191. The van der Waals surface area contributed by atoms with E-state index in [9.17, 15) is 4.79 Å². The van der Waals surface area contributed by atoms with E-state index in [2.05, 4.69) is 29.1 Å². The SMILES string of the molecule is CCCCCCCCCC(=O)OCCCC[C@H]1C[C@H]2CC[C@H]3C[C@@H](C)NC(=[N+]23)N1. The lowest BCUT2D eigenvalue weighted by Gasteiger charge is -2.35. The molecule has 1 fully saturated rings. The molecule has 0 saturated carbocycles. The van der Waals surface area contributed by atoms with Crippen LogP contribution in [-0.4, -0.2) is 47.3 Å². The molecule has 5 heteroatoms. The lowest BCUT2D eigenvalue weighted by molar-refractivity contribution is -0.593. The number of hydrogen-bond acceptors (Lipinski definition) is 4. The second-order valence-corrected chi connectivity index (χ2v) is 9.59. The molecule has 3 heterocycles. The summed E-state index contributed by atoms with van der Waals surface area (Å²) in [6.45, 7) is 5.13. The Morgan fingerprint density at radius 1 is 0.966 bits per heavy atom. The van der Waals surface area contributed by atoms with Crippen LogP contribution < -0.4 is 10.6 Å². The zero-order valence-electron chi connectivity index (χ0n) is 18.9. The standard InChI is InChI=1S/C24H43N3O2/c1-3-4-5-6-7-8-9-13-23(28)29-16-11-10-12-20-18-22-15-14-21-17-19(2)25-24(26-20)27(21)22/h19-22H,3-18H2,1-2H3,(H,25,26)/p+1/t19-,20+,21+,22-/m1/s1. The van der Waals surface area contributed by atoms with Crippen molar-refractivity contribution in [3.8, 4) is 0 Å². The summed E-state index contributed by atoms with van der Waals surface area (Å²) >= 11 is 0. The number of nitrogens with one attached hydrogen (secondary N) is 2. The largest absolute Gasteiger partial charge is 0.466 e. The van der Waals surface area contributed by atoms with E-state index in [0.717, 1.165) is 37.8 Å². The summed E-state index contributed by atoms with van der Waals surface area (Å²) in [4.78, 5) is 11.9. The summed E-state index contributed by atoms with van der Waals surface area (Å²) in [6, 6.07) is 2.61. The second-order valence-electron chi connectivity index (χ2n) is 9.59. The number of nitrogens with zero attached hydrogens (tertiary/aromatic N) is 1. The zero-order chi connectivity index (χ0) is 20.5. The molecule has 5 nitrogen and oxygen atoms in total. The van der Waals surface area contributed by atoms with Crippen LogP contribution in [0.3, 0.4) is 0 Å². The van der Waals surface area contributed by atoms with Gasteiger partial charge < -0.3 is 4.74 Å². The summed E-state index contributed by atoms with van der Waals surface area (Å²) in [7, 11) is 0. The van der Waals surface area contributed by atoms with Crippen molar-refractivity contribution >= 4 is 11.9 Å². The summed E-state index contributed by atoms with van der Waals surface area (Å²) in [5, 5.41) is 7.43. The fourth-order valence-corrected chi connectivity index (χ4v) is 5.43. The van der Waals surface area contributed by atoms with Gasteiger partial charge in [-0.1, -0.05) is 45.4 Å². The zero-order valence-corrected chi connectivity index (χ0v) is 18.9. The molecule has 0 bridgehead atoms. The highest BCUT2D eigenvalue weighted by atomic mass is 16.5. The fraction of sp³-hybridized carbons (Fsp3) is 0.917. The van der Waals surface area contributed by atoms with Crippen LogP contribution in [0.25, 0.3) is 0 Å². The van der Waals surface area contributed by atoms with E-state index in [4.69, 9.17) is 4.74 Å². The summed E-state index contributed by atoms with van der Waals surface area (Å²) in [5.74, 6) is 1.28. The van der Waals surface area contributed by atoms with Crippen molar-refractivity contribution in [2.45, 2.75) is 134 Å². The van der Waals surface area contributed by atoms with Gasteiger partial charge in [-0.15, -0.1) is 0 Å². The van der Waals surface area contributed by atoms with Crippen molar-refractivity contribution in [2.75, 3.05) is 6.61 Å². The Labute approximate surface area is 178 Å². The third-order valence-corrected chi connectivity index (χ3v) is 6.98. The van der Waals surface area contributed by atoms with Crippen LogP contribution in [0.5, 0.6) is 0 Å². The van der Waals surface area contributed by atoms with Crippen molar-refractivity contribution < 1.29 is 14.1 Å². The van der Waals surface area contributed by atoms with Crippen molar-refractivity contribution in [1.82, 2.24) is 10.6 Å². The number of ether oxygens (including phenoxy) is 1. The molecule has 29 heavy (non-hydrogen) atoms. The van der Waals surface area contributed by atoms with E-state index in [-0.39, 0.29) is 5.97 Å².